The number of azo groups is 1. The second kappa shape index (κ2) is 10.9. The van der Waals surface area contributed by atoms with Gasteiger partial charge >= 0.3 is 29.6 Å². The normalized spacial score (nSPS) is 11.5. The van der Waals surface area contributed by atoms with Gasteiger partial charge in [0.25, 0.3) is 10.1 Å². The fraction of sp³-hybridized carbons (Fsp3) is 0.0357. The van der Waals surface area contributed by atoms with Crippen LogP contribution >= 0.6 is 0 Å². The molecule has 0 atom stereocenters. The second-order valence-electron chi connectivity index (χ2n) is 8.30. The summed E-state index contributed by atoms with van der Waals surface area (Å²) in [6.07, 6.45) is 1.61. The summed E-state index contributed by atoms with van der Waals surface area (Å²) in [5, 5.41) is 9.22. The fourth-order valence-electron chi connectivity index (χ4n) is 4.21. The van der Waals surface area contributed by atoms with Crippen LogP contribution in [0, 0.1) is 6.92 Å². The molecule has 5 rings (SSSR count). The molecule has 0 amide bonds. The Bertz CT molecular complexity index is 1740. The van der Waals surface area contributed by atoms with Gasteiger partial charge in [0.1, 0.15) is 16.3 Å². The molecule has 0 spiro atoms. The Labute approximate surface area is 237 Å². The maximum absolute atomic E-state index is 12.0. The molecule has 0 aliphatic heterocycles. The Balaban J connectivity index is 0.00000320. The molecule has 0 aliphatic rings. The van der Waals surface area contributed by atoms with E-state index in [1.807, 2.05) is 49.4 Å². The number of anilines is 1. The molecule has 180 valence electrons. The molecule has 37 heavy (non-hydrogen) atoms. The van der Waals surface area contributed by atoms with Gasteiger partial charge in [-0.2, -0.15) is 8.42 Å². The van der Waals surface area contributed by atoms with Gasteiger partial charge in [0.15, 0.2) is 0 Å². The molecule has 0 fully saturated rings. The van der Waals surface area contributed by atoms with Crippen molar-refractivity contribution >= 4 is 67.5 Å². The molecular formula is C28H23N4NaO3S. The van der Waals surface area contributed by atoms with Crippen molar-refractivity contribution in [2.75, 3.05) is 5.73 Å². The molecule has 1 heterocycles. The molecule has 7 nitrogen and oxygen atoms in total. The monoisotopic (exact) mass is 518 g/mol. The molecule has 0 radical (unpaired) electrons. The zero-order valence-corrected chi connectivity index (χ0v) is 20.1. The number of nitrogens with zero attached hydrogens (tertiary/aromatic N) is 3. The van der Waals surface area contributed by atoms with E-state index in [1.54, 1.807) is 30.5 Å². The molecule has 0 bridgehead atoms. The fourth-order valence-corrected chi connectivity index (χ4v) is 4.93. The Morgan fingerprint density at radius 2 is 1.43 bits per heavy atom. The SMILES string of the molecule is Cc1cc(N=Nc2cc(S(=O)(=O)O)c3ccccc3c2N)cnc1-c1ccccc1-c1ccccc1.[NaH]. The van der Waals surface area contributed by atoms with Gasteiger partial charge in [0.05, 0.1) is 17.6 Å². The molecular weight excluding hydrogens is 495 g/mol. The van der Waals surface area contributed by atoms with Crippen molar-refractivity contribution in [2.24, 2.45) is 10.2 Å². The van der Waals surface area contributed by atoms with Gasteiger partial charge in [-0.3, -0.25) is 9.54 Å². The van der Waals surface area contributed by atoms with Crippen molar-refractivity contribution in [3.63, 3.8) is 0 Å². The van der Waals surface area contributed by atoms with E-state index in [0.717, 1.165) is 27.9 Å². The first kappa shape index (κ1) is 26.7. The zero-order chi connectivity index (χ0) is 25.3. The molecule has 0 saturated heterocycles. The number of rotatable bonds is 5. The van der Waals surface area contributed by atoms with E-state index in [4.69, 9.17) is 5.73 Å². The van der Waals surface area contributed by atoms with E-state index < -0.39 is 10.1 Å². The quantitative estimate of drug-likeness (QED) is 0.120. The predicted octanol–water partition coefficient (Wildman–Crippen LogP) is 6.47. The van der Waals surface area contributed by atoms with Crippen LogP contribution in [0.25, 0.3) is 33.2 Å². The van der Waals surface area contributed by atoms with Crippen LogP contribution < -0.4 is 5.73 Å². The van der Waals surface area contributed by atoms with Crippen molar-refractivity contribution in [1.82, 2.24) is 4.98 Å². The summed E-state index contributed by atoms with van der Waals surface area (Å²) >= 11 is 0. The van der Waals surface area contributed by atoms with Gasteiger partial charge in [-0.1, -0.05) is 78.9 Å². The number of aromatic nitrogens is 1. The Hall–Kier alpha value is -3.40. The molecule has 5 aromatic rings. The minimum absolute atomic E-state index is 0. The van der Waals surface area contributed by atoms with Crippen molar-refractivity contribution in [3.05, 3.63) is 103 Å². The standard InChI is InChI=1S/C28H22N4O3S.Na.H/c1-18-15-20(17-30-28(18)24-14-8-5-11-21(24)19-9-3-2-4-10-19)31-32-25-16-26(36(33,34)35)22-12-6-7-13-23(22)27(25)29;;/h2-17H,29H2,1H3,(H,33,34,35);;. The van der Waals surface area contributed by atoms with Gasteiger partial charge in [0.2, 0.25) is 0 Å². The summed E-state index contributed by atoms with van der Waals surface area (Å²) in [7, 11) is -4.49. The summed E-state index contributed by atoms with van der Waals surface area (Å²) < 4.78 is 33.6. The topological polar surface area (TPSA) is 118 Å². The van der Waals surface area contributed by atoms with E-state index in [-0.39, 0.29) is 45.8 Å². The van der Waals surface area contributed by atoms with Gasteiger partial charge in [-0.05, 0) is 35.7 Å². The average Bonchev–Trinajstić information content (AvgIpc) is 2.88. The number of hydrogen-bond acceptors (Lipinski definition) is 6. The first-order valence-electron chi connectivity index (χ1n) is 11.1. The van der Waals surface area contributed by atoms with Crippen molar-refractivity contribution in [3.8, 4) is 22.4 Å². The second-order valence-corrected chi connectivity index (χ2v) is 9.69. The molecule has 9 heteroatoms. The van der Waals surface area contributed by atoms with Crippen LogP contribution in [-0.4, -0.2) is 47.5 Å². The molecule has 0 unspecified atom stereocenters. The summed E-state index contributed by atoms with van der Waals surface area (Å²) in [4.78, 5) is 4.38. The van der Waals surface area contributed by atoms with Crippen LogP contribution in [0.1, 0.15) is 5.56 Å². The Kier molecular flexibility index (Phi) is 7.87. The molecule has 4 aromatic carbocycles. The number of nitrogens with two attached hydrogens (primary N) is 1. The summed E-state index contributed by atoms with van der Waals surface area (Å²) in [6, 6.07) is 27.9. The van der Waals surface area contributed by atoms with Crippen molar-refractivity contribution < 1.29 is 13.0 Å². The number of pyridine rings is 1. The van der Waals surface area contributed by atoms with Crippen LogP contribution in [0.15, 0.2) is 112 Å². The Morgan fingerprint density at radius 1 is 0.811 bits per heavy atom. The van der Waals surface area contributed by atoms with Crippen LogP contribution in [0.2, 0.25) is 0 Å². The van der Waals surface area contributed by atoms with Crippen LogP contribution in [0.5, 0.6) is 0 Å². The number of benzene rings is 4. The van der Waals surface area contributed by atoms with Crippen LogP contribution in [0.3, 0.4) is 0 Å². The predicted molar refractivity (Wildman–Crippen MR) is 149 cm³/mol. The number of aryl methyl sites for hydroxylation is 1. The first-order valence-corrected chi connectivity index (χ1v) is 12.6. The third kappa shape index (κ3) is 5.49. The first-order chi connectivity index (χ1) is 17.3. The number of fused-ring (bicyclic) bond motifs is 1. The third-order valence-corrected chi connectivity index (χ3v) is 6.80. The summed E-state index contributed by atoms with van der Waals surface area (Å²) in [5.41, 5.74) is 12.0. The van der Waals surface area contributed by atoms with E-state index in [1.165, 1.54) is 6.07 Å². The van der Waals surface area contributed by atoms with Gasteiger partial charge in [0, 0.05) is 16.3 Å². The van der Waals surface area contributed by atoms with E-state index in [0.29, 0.717) is 16.5 Å². The van der Waals surface area contributed by atoms with Gasteiger partial charge in [-0.25, -0.2) is 0 Å². The number of hydrogen-bond donors (Lipinski definition) is 2. The van der Waals surface area contributed by atoms with Crippen molar-refractivity contribution in [1.29, 1.82) is 0 Å². The summed E-state index contributed by atoms with van der Waals surface area (Å²) in [5.74, 6) is 0. The summed E-state index contributed by atoms with van der Waals surface area (Å²) in [6.45, 7) is 1.95. The van der Waals surface area contributed by atoms with Crippen LogP contribution in [-0.2, 0) is 10.1 Å². The zero-order valence-electron chi connectivity index (χ0n) is 19.3. The maximum atomic E-state index is 12.0. The average molecular weight is 519 g/mol. The minimum atomic E-state index is -4.49. The molecule has 3 N–H and O–H groups in total. The Morgan fingerprint density at radius 3 is 2.11 bits per heavy atom. The van der Waals surface area contributed by atoms with E-state index in [9.17, 15) is 13.0 Å². The van der Waals surface area contributed by atoms with Crippen molar-refractivity contribution in [2.45, 2.75) is 11.8 Å². The van der Waals surface area contributed by atoms with Crippen LogP contribution in [0.4, 0.5) is 17.1 Å². The molecule has 0 aliphatic carbocycles. The van der Waals surface area contributed by atoms with Gasteiger partial charge in [-0.15, -0.1) is 10.2 Å². The number of nitrogen functional groups attached to an aromatic ring is 1. The van der Waals surface area contributed by atoms with Gasteiger partial charge < -0.3 is 5.73 Å². The van der Waals surface area contributed by atoms with E-state index >= 15 is 0 Å². The molecule has 0 saturated carbocycles. The van der Waals surface area contributed by atoms with E-state index in [2.05, 4.69) is 33.4 Å². The molecule has 1 aromatic heterocycles. The third-order valence-electron chi connectivity index (χ3n) is 5.91.